The van der Waals surface area contributed by atoms with Crippen molar-refractivity contribution in [3.8, 4) is 22.9 Å². The Morgan fingerprint density at radius 1 is 0.909 bits per heavy atom. The molecule has 0 bridgehead atoms. The van der Waals surface area contributed by atoms with Crippen LogP contribution in [0.4, 0.5) is 5.69 Å². The predicted molar refractivity (Wildman–Crippen MR) is 84.4 cm³/mol. The van der Waals surface area contributed by atoms with Crippen molar-refractivity contribution in [1.82, 2.24) is 9.97 Å². The fourth-order valence-electron chi connectivity index (χ4n) is 2.83. The third-order valence-electron chi connectivity index (χ3n) is 3.78. The Labute approximate surface area is 124 Å². The maximum atomic E-state index is 11.3. The number of nitroso groups, excluding NO2 is 1. The van der Waals surface area contributed by atoms with Gasteiger partial charge in [-0.2, -0.15) is 0 Å². The molecule has 4 N–H and O–H groups in total. The van der Waals surface area contributed by atoms with Crippen LogP contribution in [-0.2, 0) is 0 Å². The molecule has 6 heteroatoms. The number of aromatic nitrogens is 2. The molecule has 0 amide bonds. The Hall–Kier alpha value is -3.28. The van der Waals surface area contributed by atoms with Gasteiger partial charge in [-0.15, -0.1) is 4.91 Å². The van der Waals surface area contributed by atoms with Crippen molar-refractivity contribution in [3.05, 3.63) is 47.4 Å². The molecule has 0 saturated heterocycles. The van der Waals surface area contributed by atoms with E-state index >= 15 is 0 Å². The number of fused-ring (bicyclic) bond motifs is 2. The van der Waals surface area contributed by atoms with Gasteiger partial charge in [-0.1, -0.05) is 18.2 Å². The van der Waals surface area contributed by atoms with E-state index in [0.29, 0.717) is 27.5 Å². The summed E-state index contributed by atoms with van der Waals surface area (Å²) in [6.07, 6.45) is 0. The molecule has 0 unspecified atom stereocenters. The molecule has 4 aromatic rings. The monoisotopic (exact) mass is 293 g/mol. The highest BCUT2D eigenvalue weighted by molar-refractivity contribution is 6.07. The number of nitrogens with zero attached hydrogens (tertiary/aromatic N) is 1. The summed E-state index contributed by atoms with van der Waals surface area (Å²) >= 11 is 0. The number of phenolic OH excluding ortho intramolecular Hbond substituents is 1. The summed E-state index contributed by atoms with van der Waals surface area (Å²) < 4.78 is 0. The Kier molecular flexibility index (Phi) is 2.47. The minimum Gasteiger partial charge on any atom is -0.508 e. The number of aromatic hydroxyl groups is 2. The molecular weight excluding hydrogens is 282 g/mol. The summed E-state index contributed by atoms with van der Waals surface area (Å²) in [5.41, 5.74) is 2.49. The van der Waals surface area contributed by atoms with Gasteiger partial charge >= 0.3 is 0 Å². The Morgan fingerprint density at radius 2 is 1.73 bits per heavy atom. The van der Waals surface area contributed by atoms with Crippen LogP contribution < -0.4 is 0 Å². The molecule has 0 fully saturated rings. The van der Waals surface area contributed by atoms with Crippen LogP contribution in [0.15, 0.2) is 47.6 Å². The Balaban J connectivity index is 2.11. The van der Waals surface area contributed by atoms with E-state index in [-0.39, 0.29) is 17.3 Å². The highest BCUT2D eigenvalue weighted by Gasteiger charge is 2.21. The molecule has 0 spiro atoms. The second kappa shape index (κ2) is 4.36. The van der Waals surface area contributed by atoms with Crippen molar-refractivity contribution in [1.29, 1.82) is 0 Å². The summed E-state index contributed by atoms with van der Waals surface area (Å²) in [4.78, 5) is 17.2. The van der Waals surface area contributed by atoms with Crippen LogP contribution >= 0.6 is 0 Å². The molecule has 4 rings (SSSR count). The van der Waals surface area contributed by atoms with Crippen LogP contribution in [0.25, 0.3) is 33.1 Å². The van der Waals surface area contributed by atoms with Gasteiger partial charge in [0.1, 0.15) is 11.4 Å². The van der Waals surface area contributed by atoms with Crippen molar-refractivity contribution < 1.29 is 10.2 Å². The SMILES string of the molecule is O=Nc1c(-c2c(O)[nH]c3cc(O)ccc23)[nH]c2ccccc12. The molecule has 6 nitrogen and oxygen atoms in total. The van der Waals surface area contributed by atoms with Gasteiger partial charge in [0, 0.05) is 22.4 Å². The molecule has 2 aromatic heterocycles. The number of aromatic amines is 2. The highest BCUT2D eigenvalue weighted by atomic mass is 16.3. The fraction of sp³-hybridized carbons (Fsp3) is 0. The van der Waals surface area contributed by atoms with E-state index in [0.717, 1.165) is 5.52 Å². The van der Waals surface area contributed by atoms with Gasteiger partial charge in [-0.05, 0) is 23.4 Å². The second-order valence-corrected chi connectivity index (χ2v) is 5.06. The molecule has 0 aliphatic rings. The van der Waals surface area contributed by atoms with E-state index in [2.05, 4.69) is 15.1 Å². The molecule has 0 saturated carbocycles. The first-order chi connectivity index (χ1) is 10.7. The van der Waals surface area contributed by atoms with E-state index in [4.69, 9.17) is 0 Å². The van der Waals surface area contributed by atoms with Crippen LogP contribution in [0, 0.1) is 4.91 Å². The highest BCUT2D eigenvalue weighted by Crippen LogP contribution is 2.44. The fourth-order valence-corrected chi connectivity index (χ4v) is 2.83. The zero-order valence-electron chi connectivity index (χ0n) is 11.3. The molecular formula is C16H11N3O3. The molecule has 0 radical (unpaired) electrons. The largest absolute Gasteiger partial charge is 0.508 e. The molecule has 0 atom stereocenters. The van der Waals surface area contributed by atoms with Crippen molar-refractivity contribution >= 4 is 27.5 Å². The number of phenols is 1. The number of benzene rings is 2. The molecule has 22 heavy (non-hydrogen) atoms. The first-order valence-electron chi connectivity index (χ1n) is 6.67. The number of para-hydroxylation sites is 1. The van der Waals surface area contributed by atoms with Crippen molar-refractivity contribution in [2.24, 2.45) is 5.18 Å². The standard InChI is InChI=1S/C16H11N3O3/c20-8-5-6-9-12(7-8)18-16(21)13(9)15-14(19-22)10-3-1-2-4-11(10)17-15/h1-7,17-18,20-21H. The first kappa shape index (κ1) is 12.5. The molecule has 2 aromatic carbocycles. The molecule has 0 aliphatic heterocycles. The Morgan fingerprint density at radius 3 is 2.55 bits per heavy atom. The van der Waals surface area contributed by atoms with E-state index in [1.807, 2.05) is 18.2 Å². The van der Waals surface area contributed by atoms with Crippen LogP contribution in [0.1, 0.15) is 0 Å². The van der Waals surface area contributed by atoms with Crippen molar-refractivity contribution in [2.75, 3.05) is 0 Å². The van der Waals surface area contributed by atoms with E-state index < -0.39 is 0 Å². The average Bonchev–Trinajstić information content (AvgIpc) is 3.02. The van der Waals surface area contributed by atoms with Crippen LogP contribution in [0.5, 0.6) is 11.6 Å². The Bertz CT molecular complexity index is 1030. The van der Waals surface area contributed by atoms with Crippen molar-refractivity contribution in [3.63, 3.8) is 0 Å². The quantitative estimate of drug-likeness (QED) is 0.418. The lowest BCUT2D eigenvalue weighted by Gasteiger charge is -1.99. The topological polar surface area (TPSA) is 101 Å². The van der Waals surface area contributed by atoms with Crippen LogP contribution in [0.3, 0.4) is 0 Å². The average molecular weight is 293 g/mol. The van der Waals surface area contributed by atoms with E-state index in [1.54, 1.807) is 12.1 Å². The van der Waals surface area contributed by atoms with Gasteiger partial charge in [-0.3, -0.25) is 0 Å². The number of rotatable bonds is 2. The molecule has 108 valence electrons. The third-order valence-corrected chi connectivity index (χ3v) is 3.78. The lowest BCUT2D eigenvalue weighted by Crippen LogP contribution is -1.77. The second-order valence-electron chi connectivity index (χ2n) is 5.06. The lowest BCUT2D eigenvalue weighted by atomic mass is 10.1. The predicted octanol–water partition coefficient (Wildman–Crippen LogP) is 4.13. The summed E-state index contributed by atoms with van der Waals surface area (Å²) in [6, 6.07) is 12.0. The number of nitrogens with one attached hydrogen (secondary N) is 2. The van der Waals surface area contributed by atoms with E-state index in [9.17, 15) is 15.1 Å². The third kappa shape index (κ3) is 1.61. The van der Waals surface area contributed by atoms with Gasteiger partial charge in [0.25, 0.3) is 0 Å². The minimum atomic E-state index is -0.0861. The first-order valence-corrected chi connectivity index (χ1v) is 6.67. The van der Waals surface area contributed by atoms with Crippen LogP contribution in [0.2, 0.25) is 0 Å². The van der Waals surface area contributed by atoms with Gasteiger partial charge < -0.3 is 20.2 Å². The van der Waals surface area contributed by atoms with Gasteiger partial charge in [0.2, 0.25) is 0 Å². The van der Waals surface area contributed by atoms with Crippen LogP contribution in [-0.4, -0.2) is 20.2 Å². The van der Waals surface area contributed by atoms with E-state index in [1.165, 1.54) is 12.1 Å². The van der Waals surface area contributed by atoms with Gasteiger partial charge in [-0.25, -0.2) is 0 Å². The summed E-state index contributed by atoms with van der Waals surface area (Å²) in [6.45, 7) is 0. The maximum absolute atomic E-state index is 11.3. The summed E-state index contributed by atoms with van der Waals surface area (Å²) in [5.74, 6) is 0.00254. The van der Waals surface area contributed by atoms with Crippen molar-refractivity contribution in [2.45, 2.75) is 0 Å². The summed E-state index contributed by atoms with van der Waals surface area (Å²) in [7, 11) is 0. The minimum absolute atomic E-state index is 0.0861. The number of H-pyrrole nitrogens is 2. The smallest absolute Gasteiger partial charge is 0.199 e. The maximum Gasteiger partial charge on any atom is 0.199 e. The number of hydrogen-bond acceptors (Lipinski definition) is 4. The zero-order valence-corrected chi connectivity index (χ0v) is 11.3. The number of hydrogen-bond donors (Lipinski definition) is 4. The van der Waals surface area contributed by atoms with Gasteiger partial charge in [0.15, 0.2) is 5.88 Å². The lowest BCUT2D eigenvalue weighted by molar-refractivity contribution is 0.460. The zero-order chi connectivity index (χ0) is 15.3. The summed E-state index contributed by atoms with van der Waals surface area (Å²) in [5, 5.41) is 24.3. The van der Waals surface area contributed by atoms with Gasteiger partial charge in [0.05, 0.1) is 16.8 Å². The molecule has 0 aliphatic carbocycles. The normalized spacial score (nSPS) is 11.3. The molecule has 2 heterocycles.